The van der Waals surface area contributed by atoms with Gasteiger partial charge in [0.05, 0.1) is 27.7 Å². The van der Waals surface area contributed by atoms with Crippen LogP contribution in [-0.4, -0.2) is 58.5 Å². The summed E-state index contributed by atoms with van der Waals surface area (Å²) in [6.45, 7) is 4.57. The third-order valence-corrected chi connectivity index (χ3v) is 4.99. The highest BCUT2D eigenvalue weighted by Crippen LogP contribution is 2.37. The van der Waals surface area contributed by atoms with E-state index < -0.39 is 7.82 Å². The van der Waals surface area contributed by atoms with E-state index in [9.17, 15) is 9.46 Å². The lowest BCUT2D eigenvalue weighted by Gasteiger charge is -2.27. The molecular formula is C18H41N2O4P. The predicted molar refractivity (Wildman–Crippen MR) is 103 cm³/mol. The quantitative estimate of drug-likeness (QED) is 0.224. The minimum absolute atomic E-state index is 0.128. The highest BCUT2D eigenvalue weighted by atomic mass is 31.2. The van der Waals surface area contributed by atoms with Crippen LogP contribution in [0, 0.1) is 0 Å². The summed E-state index contributed by atoms with van der Waals surface area (Å²) in [6, 6.07) is 0. The van der Waals surface area contributed by atoms with E-state index in [-0.39, 0.29) is 13.2 Å². The molecule has 0 aliphatic heterocycles. The predicted octanol–water partition coefficient (Wildman–Crippen LogP) is 3.31. The van der Waals surface area contributed by atoms with Gasteiger partial charge in [0.15, 0.2) is 0 Å². The van der Waals surface area contributed by atoms with Gasteiger partial charge in [-0.05, 0) is 13.0 Å². The molecule has 0 spiro atoms. The first-order valence-corrected chi connectivity index (χ1v) is 11.3. The van der Waals surface area contributed by atoms with E-state index in [0.717, 1.165) is 13.0 Å². The molecule has 1 atom stereocenters. The third-order valence-electron chi connectivity index (χ3n) is 4.00. The lowest BCUT2D eigenvalue weighted by atomic mass is 10.1. The van der Waals surface area contributed by atoms with Crippen molar-refractivity contribution in [2.45, 2.75) is 64.7 Å². The minimum Gasteiger partial charge on any atom is -0.756 e. The van der Waals surface area contributed by atoms with Crippen molar-refractivity contribution < 1.29 is 23.0 Å². The fourth-order valence-corrected chi connectivity index (χ4v) is 3.07. The van der Waals surface area contributed by atoms with Crippen LogP contribution in [-0.2, 0) is 13.6 Å². The van der Waals surface area contributed by atoms with Gasteiger partial charge in [0.2, 0.25) is 0 Å². The Morgan fingerprint density at radius 1 is 0.840 bits per heavy atom. The first kappa shape index (κ1) is 25.0. The Morgan fingerprint density at radius 3 is 1.92 bits per heavy atom. The molecule has 0 saturated carbocycles. The molecule has 0 heterocycles. The molecule has 0 fully saturated rings. The molecule has 0 aliphatic rings. The molecule has 7 heteroatoms. The van der Waals surface area contributed by atoms with Crippen molar-refractivity contribution in [3.05, 3.63) is 0 Å². The van der Waals surface area contributed by atoms with E-state index in [4.69, 9.17) is 9.05 Å². The maximum absolute atomic E-state index is 11.6. The number of phosphoric ester groups is 1. The van der Waals surface area contributed by atoms with Gasteiger partial charge in [-0.25, -0.2) is 0 Å². The van der Waals surface area contributed by atoms with Gasteiger partial charge in [-0.15, -0.1) is 0 Å². The molecule has 0 saturated heterocycles. The highest BCUT2D eigenvalue weighted by Gasteiger charge is 2.12. The van der Waals surface area contributed by atoms with Crippen LogP contribution >= 0.6 is 7.82 Å². The zero-order valence-electron chi connectivity index (χ0n) is 16.9. The Morgan fingerprint density at radius 2 is 1.36 bits per heavy atom. The van der Waals surface area contributed by atoms with Gasteiger partial charge < -0.3 is 23.7 Å². The van der Waals surface area contributed by atoms with Crippen molar-refractivity contribution in [3.63, 3.8) is 0 Å². The number of phosphoric acid groups is 1. The minimum atomic E-state index is -4.16. The first-order valence-electron chi connectivity index (χ1n) is 9.88. The van der Waals surface area contributed by atoms with Crippen molar-refractivity contribution in [1.29, 1.82) is 0 Å². The van der Waals surface area contributed by atoms with Crippen molar-refractivity contribution in [2.75, 3.05) is 54.0 Å². The summed E-state index contributed by atoms with van der Waals surface area (Å²) < 4.78 is 21.9. The first-order chi connectivity index (χ1) is 11.8. The lowest BCUT2D eigenvalue weighted by Crippen LogP contribution is -2.37. The average Bonchev–Trinajstić information content (AvgIpc) is 2.50. The number of nitrogens with zero attached hydrogens (tertiary/aromatic N) is 1. The second-order valence-corrected chi connectivity index (χ2v) is 9.12. The van der Waals surface area contributed by atoms with Crippen molar-refractivity contribution in [2.24, 2.45) is 0 Å². The maximum Gasteiger partial charge on any atom is 0.268 e. The van der Waals surface area contributed by atoms with Crippen LogP contribution in [0.3, 0.4) is 0 Å². The number of nitrogens with one attached hydrogen (secondary N) is 1. The Bertz CT molecular complexity index is 348. The molecule has 0 aromatic heterocycles. The molecule has 1 unspecified atom stereocenters. The number of hydrogen-bond acceptors (Lipinski definition) is 5. The fraction of sp³-hybridized carbons (Fsp3) is 1.00. The van der Waals surface area contributed by atoms with E-state index in [1.165, 1.54) is 51.4 Å². The molecule has 152 valence electrons. The molecule has 0 radical (unpaired) electrons. The van der Waals surface area contributed by atoms with E-state index in [1.54, 1.807) is 0 Å². The van der Waals surface area contributed by atoms with Crippen LogP contribution in [0.2, 0.25) is 0 Å². The normalized spacial score (nSPS) is 14.6. The molecule has 0 amide bonds. The monoisotopic (exact) mass is 380 g/mol. The van der Waals surface area contributed by atoms with Crippen LogP contribution in [0.5, 0.6) is 0 Å². The zero-order valence-corrected chi connectivity index (χ0v) is 17.8. The molecule has 0 aromatic carbocycles. The van der Waals surface area contributed by atoms with Gasteiger partial charge in [0, 0.05) is 6.54 Å². The summed E-state index contributed by atoms with van der Waals surface area (Å²) in [6.07, 6.45) is 11.8. The Labute approximate surface area is 155 Å². The molecular weight excluding hydrogens is 339 g/mol. The summed E-state index contributed by atoms with van der Waals surface area (Å²) in [5.74, 6) is 0. The molecule has 0 aromatic rings. The second kappa shape index (κ2) is 15.1. The summed E-state index contributed by atoms with van der Waals surface area (Å²) >= 11 is 0. The average molecular weight is 381 g/mol. The Hall–Kier alpha value is 0.0300. The van der Waals surface area contributed by atoms with Gasteiger partial charge in [-0.3, -0.25) is 4.57 Å². The third kappa shape index (κ3) is 20.2. The lowest BCUT2D eigenvalue weighted by molar-refractivity contribution is -0.870. The van der Waals surface area contributed by atoms with E-state index in [2.05, 4.69) is 12.2 Å². The van der Waals surface area contributed by atoms with Gasteiger partial charge in [-0.2, -0.15) is 0 Å². The van der Waals surface area contributed by atoms with E-state index in [0.29, 0.717) is 17.6 Å². The molecule has 0 aliphatic carbocycles. The van der Waals surface area contributed by atoms with Crippen LogP contribution in [0.1, 0.15) is 64.7 Å². The summed E-state index contributed by atoms with van der Waals surface area (Å²) in [4.78, 5) is 11.6. The van der Waals surface area contributed by atoms with Crippen molar-refractivity contribution in [1.82, 2.24) is 5.32 Å². The molecule has 1 N–H and O–H groups in total. The van der Waals surface area contributed by atoms with Gasteiger partial charge in [-0.1, -0.05) is 58.3 Å². The molecule has 0 bridgehead atoms. The Balaban J connectivity index is 3.35. The largest absolute Gasteiger partial charge is 0.756 e. The molecule has 0 rings (SSSR count). The Kier molecular flexibility index (Phi) is 15.1. The number of likely N-dealkylation sites (N-methyl/N-ethyl adjacent to an activating group) is 1. The van der Waals surface area contributed by atoms with Crippen LogP contribution in [0.25, 0.3) is 0 Å². The van der Waals surface area contributed by atoms with Gasteiger partial charge in [0.1, 0.15) is 13.2 Å². The zero-order chi connectivity index (χ0) is 19.0. The molecule has 25 heavy (non-hydrogen) atoms. The summed E-state index contributed by atoms with van der Waals surface area (Å²) in [5.41, 5.74) is 0. The molecule has 6 nitrogen and oxygen atoms in total. The van der Waals surface area contributed by atoms with Crippen LogP contribution in [0.4, 0.5) is 0 Å². The SMILES string of the molecule is CCCCCCCCCCCNCCOP(=O)([O-])OCC[N+](C)(C)C. The number of quaternary nitrogens is 1. The maximum atomic E-state index is 11.6. The number of hydrogen-bond donors (Lipinski definition) is 1. The second-order valence-electron chi connectivity index (χ2n) is 7.71. The van der Waals surface area contributed by atoms with E-state index >= 15 is 0 Å². The van der Waals surface area contributed by atoms with E-state index in [1.807, 2.05) is 21.1 Å². The van der Waals surface area contributed by atoms with Crippen LogP contribution < -0.4 is 10.2 Å². The van der Waals surface area contributed by atoms with Crippen molar-refractivity contribution in [3.8, 4) is 0 Å². The number of rotatable bonds is 18. The number of unbranched alkanes of at least 4 members (excludes halogenated alkanes) is 8. The van der Waals surface area contributed by atoms with Crippen LogP contribution in [0.15, 0.2) is 0 Å². The van der Waals surface area contributed by atoms with Gasteiger partial charge >= 0.3 is 0 Å². The summed E-state index contributed by atoms with van der Waals surface area (Å²) in [7, 11) is 1.79. The fourth-order valence-electron chi connectivity index (χ4n) is 2.38. The standard InChI is InChI=1S/C18H41N2O4P/c1-5-6-7-8-9-10-11-12-13-14-19-15-17-23-25(21,22)24-18-16-20(2,3)4/h19H,5-18H2,1-4H3. The topological polar surface area (TPSA) is 70.6 Å². The van der Waals surface area contributed by atoms with Gasteiger partial charge in [0.25, 0.3) is 7.82 Å². The highest BCUT2D eigenvalue weighted by molar-refractivity contribution is 7.45. The summed E-state index contributed by atoms with van der Waals surface area (Å²) in [5, 5.41) is 3.21. The van der Waals surface area contributed by atoms with Crippen molar-refractivity contribution >= 4 is 7.82 Å². The smallest absolute Gasteiger partial charge is 0.268 e.